The minimum Gasteiger partial charge on any atom is -0.444 e. The van der Waals surface area contributed by atoms with Crippen LogP contribution in [0.15, 0.2) is 11.9 Å². The van der Waals surface area contributed by atoms with Gasteiger partial charge >= 0.3 is 13.2 Å². The summed E-state index contributed by atoms with van der Waals surface area (Å²) in [5.74, 6) is 0. The first-order valence-electron chi connectivity index (χ1n) is 10.4. The van der Waals surface area contributed by atoms with Gasteiger partial charge in [-0.1, -0.05) is 5.21 Å². The van der Waals surface area contributed by atoms with Crippen molar-refractivity contribution < 1.29 is 23.2 Å². The molecule has 10 heteroatoms. The Balaban J connectivity index is 1.66. The second-order valence-electron chi connectivity index (χ2n) is 9.96. The summed E-state index contributed by atoms with van der Waals surface area (Å²) in [4.78, 5) is 14.0. The third-order valence-electron chi connectivity index (χ3n) is 5.71. The summed E-state index contributed by atoms with van der Waals surface area (Å²) in [6.07, 6.45) is 4.30. The fraction of sp³-hybridized carbons (Fsp3) is 0.750. The topological polar surface area (TPSA) is 78.7 Å². The Morgan fingerprint density at radius 3 is 2.53 bits per heavy atom. The van der Waals surface area contributed by atoms with Crippen LogP contribution in [0.1, 0.15) is 73.0 Å². The Labute approximate surface area is 177 Å². The Morgan fingerprint density at radius 2 is 1.93 bits per heavy atom. The number of rotatable bonds is 3. The van der Waals surface area contributed by atoms with E-state index in [4.69, 9.17) is 14.0 Å². The normalized spacial score (nSPS) is 24.3. The van der Waals surface area contributed by atoms with Gasteiger partial charge in [-0.3, -0.25) is 0 Å². The minimum atomic E-state index is -1.07. The van der Waals surface area contributed by atoms with Crippen LogP contribution >= 0.6 is 0 Å². The van der Waals surface area contributed by atoms with Crippen molar-refractivity contribution in [2.75, 3.05) is 13.1 Å². The Hall–Kier alpha value is -1.94. The van der Waals surface area contributed by atoms with Gasteiger partial charge in [0.15, 0.2) is 0 Å². The summed E-state index contributed by atoms with van der Waals surface area (Å²) in [5, 5.41) is 8.20. The summed E-state index contributed by atoms with van der Waals surface area (Å²) < 4.78 is 33.3. The average molecular weight is 422 g/mol. The molecular weight excluding hydrogens is 390 g/mol. The molecule has 0 aromatic carbocycles. The van der Waals surface area contributed by atoms with Crippen molar-refractivity contribution in [2.45, 2.75) is 84.2 Å². The maximum Gasteiger partial charge on any atom is 0.525 e. The molecule has 166 valence electrons. The number of hydrogen-bond acceptors (Lipinski definition) is 6. The first-order chi connectivity index (χ1) is 13.8. The molecule has 1 aromatic heterocycles. The molecule has 3 rings (SSSR count). The van der Waals surface area contributed by atoms with E-state index in [0.717, 1.165) is 12.8 Å². The fourth-order valence-corrected chi connectivity index (χ4v) is 3.36. The third kappa shape index (κ3) is 5.03. The maximum absolute atomic E-state index is 14.7. The van der Waals surface area contributed by atoms with Crippen LogP contribution in [-0.2, 0) is 14.0 Å². The number of ether oxygens (including phenoxy) is 1. The number of carbonyl (C=O) groups excluding carboxylic acids is 1. The monoisotopic (exact) mass is 422 g/mol. The summed E-state index contributed by atoms with van der Waals surface area (Å²) in [6.45, 7) is 14.1. The van der Waals surface area contributed by atoms with Crippen LogP contribution in [0.3, 0.4) is 0 Å². The zero-order valence-electron chi connectivity index (χ0n) is 18.9. The van der Waals surface area contributed by atoms with E-state index in [1.54, 1.807) is 15.8 Å². The van der Waals surface area contributed by atoms with Crippen molar-refractivity contribution in [3.8, 4) is 0 Å². The molecule has 8 nitrogen and oxygen atoms in total. The first kappa shape index (κ1) is 22.7. The smallest absolute Gasteiger partial charge is 0.444 e. The number of nitrogens with zero attached hydrogens (tertiary/aromatic N) is 4. The highest BCUT2D eigenvalue weighted by Gasteiger charge is 2.53. The van der Waals surface area contributed by atoms with E-state index in [1.807, 2.05) is 48.5 Å². The number of halogens is 1. The molecule has 0 bridgehead atoms. The largest absolute Gasteiger partial charge is 0.525 e. The van der Waals surface area contributed by atoms with Gasteiger partial charge in [-0.15, -0.1) is 5.10 Å². The quantitative estimate of drug-likeness (QED) is 0.690. The molecule has 2 aliphatic heterocycles. The van der Waals surface area contributed by atoms with Gasteiger partial charge in [0.25, 0.3) is 0 Å². The second-order valence-corrected chi connectivity index (χ2v) is 9.96. The van der Waals surface area contributed by atoms with Gasteiger partial charge < -0.3 is 18.9 Å². The lowest BCUT2D eigenvalue weighted by Gasteiger charge is -2.33. The molecule has 1 atom stereocenters. The van der Waals surface area contributed by atoms with Crippen molar-refractivity contribution in [3.63, 3.8) is 0 Å². The van der Waals surface area contributed by atoms with Crippen molar-refractivity contribution in [3.05, 3.63) is 17.6 Å². The van der Waals surface area contributed by atoms with Crippen LogP contribution in [0.4, 0.5) is 9.18 Å². The van der Waals surface area contributed by atoms with Crippen molar-refractivity contribution >= 4 is 19.3 Å². The van der Waals surface area contributed by atoms with Gasteiger partial charge in [0, 0.05) is 13.1 Å². The number of carbonyl (C=O) groups is 1. The van der Waals surface area contributed by atoms with E-state index in [2.05, 4.69) is 10.3 Å². The molecule has 0 N–H and O–H groups in total. The van der Waals surface area contributed by atoms with E-state index in [1.165, 1.54) is 6.08 Å². The first-order valence-corrected chi connectivity index (χ1v) is 10.4. The molecule has 1 amide bonds. The highest BCUT2D eigenvalue weighted by atomic mass is 19.1. The summed E-state index contributed by atoms with van der Waals surface area (Å²) in [7, 11) is -1.07. The van der Waals surface area contributed by atoms with Crippen LogP contribution in [0.5, 0.6) is 0 Å². The minimum absolute atomic E-state index is 0.0409. The molecule has 0 saturated carbocycles. The summed E-state index contributed by atoms with van der Waals surface area (Å²) in [6, 6.07) is -0.0409. The SMILES string of the molecule is CC(C)(C)OC(=O)N1CCCC(n2cc(C=C(F)B3OC(C)(C)C(C)(C)O3)nn2)C1. The molecule has 3 heterocycles. The molecule has 1 aromatic rings. The van der Waals surface area contributed by atoms with Gasteiger partial charge in [-0.05, 0) is 67.4 Å². The highest BCUT2D eigenvalue weighted by molar-refractivity contribution is 6.54. The molecule has 2 aliphatic rings. The van der Waals surface area contributed by atoms with E-state index >= 15 is 0 Å². The molecule has 2 saturated heterocycles. The standard InChI is InChI=1S/C20H32BFN4O4/c1-18(2,3)28-17(27)25-10-8-9-15(13-25)26-12-14(23-24-26)11-16(22)21-29-19(4,5)20(6,7)30-21/h11-12,15H,8-10,13H2,1-7H3. The van der Waals surface area contributed by atoms with Crippen LogP contribution in [0.2, 0.25) is 0 Å². The lowest BCUT2D eigenvalue weighted by molar-refractivity contribution is 0.00578. The number of aromatic nitrogens is 3. The molecular formula is C20H32BFN4O4. The number of hydrogen-bond donors (Lipinski definition) is 0. The molecule has 0 radical (unpaired) electrons. The summed E-state index contributed by atoms with van der Waals surface area (Å²) >= 11 is 0. The average Bonchev–Trinajstić information content (AvgIpc) is 3.15. The zero-order chi connectivity index (χ0) is 22.3. The predicted octanol–water partition coefficient (Wildman–Crippen LogP) is 3.79. The van der Waals surface area contributed by atoms with Crippen LogP contribution in [0, 0.1) is 0 Å². The number of amides is 1. The van der Waals surface area contributed by atoms with Crippen molar-refractivity contribution in [1.82, 2.24) is 19.9 Å². The molecule has 30 heavy (non-hydrogen) atoms. The van der Waals surface area contributed by atoms with Crippen LogP contribution < -0.4 is 0 Å². The van der Waals surface area contributed by atoms with E-state index < -0.39 is 29.6 Å². The van der Waals surface area contributed by atoms with Gasteiger partial charge in [-0.25, -0.2) is 13.9 Å². The molecule has 0 aliphatic carbocycles. The van der Waals surface area contributed by atoms with Gasteiger partial charge in [0.1, 0.15) is 17.0 Å². The maximum atomic E-state index is 14.7. The molecule has 2 fully saturated rings. The zero-order valence-corrected chi connectivity index (χ0v) is 18.9. The Kier molecular flexibility index (Phi) is 6.03. The molecule has 0 spiro atoms. The fourth-order valence-electron chi connectivity index (χ4n) is 3.36. The van der Waals surface area contributed by atoms with Gasteiger partial charge in [0.05, 0.1) is 23.4 Å². The summed E-state index contributed by atoms with van der Waals surface area (Å²) in [5.41, 5.74) is -1.96. The molecule has 1 unspecified atom stereocenters. The lowest BCUT2D eigenvalue weighted by atomic mass is 9.87. The number of piperidine rings is 1. The van der Waals surface area contributed by atoms with E-state index in [9.17, 15) is 9.18 Å². The van der Waals surface area contributed by atoms with Crippen molar-refractivity contribution in [2.24, 2.45) is 0 Å². The Morgan fingerprint density at radius 1 is 1.30 bits per heavy atom. The third-order valence-corrected chi connectivity index (χ3v) is 5.71. The second kappa shape index (κ2) is 7.96. The van der Waals surface area contributed by atoms with Crippen LogP contribution in [0.25, 0.3) is 6.08 Å². The van der Waals surface area contributed by atoms with E-state index in [-0.39, 0.29) is 12.1 Å². The Bertz CT molecular complexity index is 802. The number of likely N-dealkylation sites (tertiary alicyclic amines) is 1. The van der Waals surface area contributed by atoms with Gasteiger partial charge in [0.2, 0.25) is 0 Å². The van der Waals surface area contributed by atoms with Crippen LogP contribution in [-0.4, -0.2) is 63.0 Å². The van der Waals surface area contributed by atoms with Crippen molar-refractivity contribution in [1.29, 1.82) is 0 Å². The predicted molar refractivity (Wildman–Crippen MR) is 111 cm³/mol. The van der Waals surface area contributed by atoms with Gasteiger partial charge in [-0.2, -0.15) is 0 Å². The lowest BCUT2D eigenvalue weighted by Crippen LogP contribution is -2.43. The highest BCUT2D eigenvalue weighted by Crippen LogP contribution is 2.39. The van der Waals surface area contributed by atoms with E-state index in [0.29, 0.717) is 18.8 Å².